The highest BCUT2D eigenvalue weighted by molar-refractivity contribution is 6.46. The van der Waals surface area contributed by atoms with Crippen molar-refractivity contribution in [2.75, 3.05) is 31.5 Å². The Morgan fingerprint density at radius 1 is 0.719 bits per heavy atom. The molecule has 3 aromatic rings. The summed E-state index contributed by atoms with van der Waals surface area (Å²) in [6, 6.07) is 21.1. The topological polar surface area (TPSA) is 77.1 Å². The molecule has 0 aromatic heterocycles. The lowest BCUT2D eigenvalue weighted by atomic mass is 10.0. The molecule has 2 amide bonds. The lowest BCUT2D eigenvalue weighted by Gasteiger charge is -2.18. The van der Waals surface area contributed by atoms with Crippen molar-refractivity contribution in [1.82, 2.24) is 0 Å². The first-order chi connectivity index (χ1) is 15.6. The molecule has 1 aliphatic rings. The van der Waals surface area contributed by atoms with Crippen LogP contribution in [0, 0.1) is 0 Å². The zero-order chi connectivity index (χ0) is 22.7. The van der Waals surface area contributed by atoms with Crippen LogP contribution < -0.4 is 24.4 Å². The molecule has 0 bridgehead atoms. The Hall–Kier alpha value is -4.26. The normalized spacial score (nSPS) is 13.4. The monoisotopic (exact) mass is 430 g/mol. The van der Waals surface area contributed by atoms with Crippen molar-refractivity contribution in [3.8, 4) is 17.2 Å². The summed E-state index contributed by atoms with van der Waals surface area (Å²) in [7, 11) is 4.58. The first-order valence-electron chi connectivity index (χ1n) is 9.89. The third-order valence-corrected chi connectivity index (χ3v) is 5.14. The molecule has 0 saturated heterocycles. The second-order valence-corrected chi connectivity index (χ2v) is 6.92. The van der Waals surface area contributed by atoms with Gasteiger partial charge in [0.15, 0.2) is 0 Å². The second-order valence-electron chi connectivity index (χ2n) is 6.92. The van der Waals surface area contributed by atoms with Crippen LogP contribution in [0.1, 0.15) is 5.56 Å². The molecule has 32 heavy (non-hydrogen) atoms. The number of para-hydroxylation sites is 2. The van der Waals surface area contributed by atoms with Gasteiger partial charge in [-0.25, -0.2) is 4.90 Å². The van der Waals surface area contributed by atoms with Crippen LogP contribution in [0.5, 0.6) is 17.2 Å². The van der Waals surface area contributed by atoms with E-state index in [4.69, 9.17) is 14.2 Å². The Balaban J connectivity index is 1.86. The van der Waals surface area contributed by atoms with E-state index in [0.29, 0.717) is 34.2 Å². The lowest BCUT2D eigenvalue weighted by Crippen LogP contribution is -2.32. The smallest absolute Gasteiger partial charge is 0.282 e. The summed E-state index contributed by atoms with van der Waals surface area (Å²) < 4.78 is 16.1. The van der Waals surface area contributed by atoms with Crippen LogP contribution >= 0.6 is 0 Å². The molecule has 0 spiro atoms. The summed E-state index contributed by atoms with van der Waals surface area (Å²) in [5, 5.41) is 3.12. The first-order valence-corrected chi connectivity index (χ1v) is 9.89. The summed E-state index contributed by atoms with van der Waals surface area (Å²) >= 11 is 0. The van der Waals surface area contributed by atoms with Gasteiger partial charge in [-0.3, -0.25) is 9.59 Å². The van der Waals surface area contributed by atoms with Crippen LogP contribution in [-0.4, -0.2) is 33.1 Å². The number of nitrogens with one attached hydrogen (secondary N) is 1. The maximum atomic E-state index is 13.6. The fourth-order valence-corrected chi connectivity index (χ4v) is 3.60. The molecule has 7 heteroatoms. The van der Waals surface area contributed by atoms with E-state index in [1.165, 1.54) is 14.2 Å². The van der Waals surface area contributed by atoms with Crippen LogP contribution in [0.2, 0.25) is 0 Å². The number of amides is 2. The SMILES string of the molecule is COc1ccc(OC)c(NC2=C(c3ccccc3)C(=O)N(c3ccccc3OC)C2=O)c1. The van der Waals surface area contributed by atoms with Crippen molar-refractivity contribution in [2.24, 2.45) is 0 Å². The highest BCUT2D eigenvalue weighted by Crippen LogP contribution is 2.39. The van der Waals surface area contributed by atoms with Gasteiger partial charge in [0.25, 0.3) is 11.8 Å². The van der Waals surface area contributed by atoms with E-state index in [2.05, 4.69) is 5.32 Å². The Morgan fingerprint density at radius 2 is 1.41 bits per heavy atom. The summed E-state index contributed by atoms with van der Waals surface area (Å²) in [5.74, 6) is 0.551. The number of carbonyl (C=O) groups excluding carboxylic acids is 2. The minimum atomic E-state index is -0.497. The van der Waals surface area contributed by atoms with E-state index in [9.17, 15) is 9.59 Å². The third kappa shape index (κ3) is 3.65. The molecule has 0 fully saturated rings. The lowest BCUT2D eigenvalue weighted by molar-refractivity contribution is -0.120. The highest BCUT2D eigenvalue weighted by atomic mass is 16.5. The molecule has 1 aliphatic heterocycles. The number of benzene rings is 3. The van der Waals surface area contributed by atoms with Gasteiger partial charge in [-0.2, -0.15) is 0 Å². The number of ether oxygens (including phenoxy) is 3. The highest BCUT2D eigenvalue weighted by Gasteiger charge is 2.41. The molecule has 3 aromatic carbocycles. The van der Waals surface area contributed by atoms with Gasteiger partial charge in [-0.15, -0.1) is 0 Å². The Morgan fingerprint density at radius 3 is 2.09 bits per heavy atom. The number of carbonyl (C=O) groups is 2. The van der Waals surface area contributed by atoms with Gasteiger partial charge >= 0.3 is 0 Å². The summed E-state index contributed by atoms with van der Waals surface area (Å²) in [6.45, 7) is 0. The molecule has 1 N–H and O–H groups in total. The quantitative estimate of drug-likeness (QED) is 0.569. The average Bonchev–Trinajstić information content (AvgIpc) is 3.08. The van der Waals surface area contributed by atoms with Crippen molar-refractivity contribution >= 4 is 28.8 Å². The maximum absolute atomic E-state index is 13.6. The molecule has 0 atom stereocenters. The number of imide groups is 1. The number of anilines is 2. The molecular weight excluding hydrogens is 408 g/mol. The van der Waals surface area contributed by atoms with Crippen LogP contribution in [0.3, 0.4) is 0 Å². The van der Waals surface area contributed by atoms with Crippen LogP contribution in [-0.2, 0) is 9.59 Å². The summed E-state index contributed by atoms with van der Waals surface area (Å²) in [4.78, 5) is 28.3. The zero-order valence-corrected chi connectivity index (χ0v) is 17.9. The molecule has 162 valence electrons. The minimum Gasteiger partial charge on any atom is -0.497 e. The molecule has 1 heterocycles. The number of hydrogen-bond donors (Lipinski definition) is 1. The standard InChI is InChI=1S/C25H22N2O5/c1-30-17-13-14-20(31-2)18(15-17)26-23-22(16-9-5-4-6-10-16)24(28)27(25(23)29)19-11-7-8-12-21(19)32-3/h4-15,26H,1-3H3. The van der Waals surface area contributed by atoms with Crippen molar-refractivity contribution < 1.29 is 23.8 Å². The van der Waals surface area contributed by atoms with Gasteiger partial charge in [0, 0.05) is 6.07 Å². The number of methoxy groups -OCH3 is 3. The van der Waals surface area contributed by atoms with Gasteiger partial charge in [-0.05, 0) is 29.8 Å². The summed E-state index contributed by atoms with van der Waals surface area (Å²) in [5.41, 5.74) is 1.88. The number of hydrogen-bond acceptors (Lipinski definition) is 6. The maximum Gasteiger partial charge on any atom is 0.282 e. The fourth-order valence-electron chi connectivity index (χ4n) is 3.60. The first kappa shape index (κ1) is 21.0. The van der Waals surface area contributed by atoms with E-state index in [-0.39, 0.29) is 11.3 Å². The van der Waals surface area contributed by atoms with E-state index in [1.807, 2.05) is 18.2 Å². The zero-order valence-electron chi connectivity index (χ0n) is 17.9. The van der Waals surface area contributed by atoms with E-state index in [0.717, 1.165) is 4.90 Å². The van der Waals surface area contributed by atoms with Crippen molar-refractivity contribution in [1.29, 1.82) is 0 Å². The predicted octanol–water partition coefficient (Wildman–Crippen LogP) is 4.11. The fraction of sp³-hybridized carbons (Fsp3) is 0.120. The Labute approximate surface area is 185 Å². The van der Waals surface area contributed by atoms with E-state index in [1.54, 1.807) is 61.7 Å². The predicted molar refractivity (Wildman–Crippen MR) is 122 cm³/mol. The molecule has 4 rings (SSSR count). The Kier molecular flexibility index (Phi) is 5.81. The largest absolute Gasteiger partial charge is 0.497 e. The number of rotatable bonds is 7. The van der Waals surface area contributed by atoms with Crippen LogP contribution in [0.4, 0.5) is 11.4 Å². The summed E-state index contributed by atoms with van der Waals surface area (Å²) in [6.07, 6.45) is 0. The molecule has 0 aliphatic carbocycles. The van der Waals surface area contributed by atoms with Crippen molar-refractivity contribution in [2.45, 2.75) is 0 Å². The van der Waals surface area contributed by atoms with Crippen molar-refractivity contribution in [3.63, 3.8) is 0 Å². The molecular formula is C25H22N2O5. The van der Waals surface area contributed by atoms with E-state index >= 15 is 0 Å². The second kappa shape index (κ2) is 8.85. The average molecular weight is 430 g/mol. The molecule has 0 radical (unpaired) electrons. The van der Waals surface area contributed by atoms with Gasteiger partial charge in [0.2, 0.25) is 0 Å². The van der Waals surface area contributed by atoms with Gasteiger partial charge in [0.1, 0.15) is 22.9 Å². The number of nitrogens with zero attached hydrogens (tertiary/aromatic N) is 1. The van der Waals surface area contributed by atoms with Gasteiger partial charge < -0.3 is 19.5 Å². The molecule has 7 nitrogen and oxygen atoms in total. The van der Waals surface area contributed by atoms with Crippen molar-refractivity contribution in [3.05, 3.63) is 84.1 Å². The van der Waals surface area contributed by atoms with Crippen LogP contribution in [0.15, 0.2) is 78.5 Å². The Bertz CT molecular complexity index is 1200. The van der Waals surface area contributed by atoms with Crippen LogP contribution in [0.25, 0.3) is 5.57 Å². The van der Waals surface area contributed by atoms with Gasteiger partial charge in [0.05, 0.1) is 38.3 Å². The van der Waals surface area contributed by atoms with Gasteiger partial charge in [-0.1, -0.05) is 42.5 Å². The van der Waals surface area contributed by atoms with E-state index < -0.39 is 11.8 Å². The molecule has 0 unspecified atom stereocenters. The molecule has 0 saturated carbocycles. The minimum absolute atomic E-state index is 0.138. The third-order valence-electron chi connectivity index (χ3n) is 5.14.